The number of ketones is 2. The van der Waals surface area contributed by atoms with Gasteiger partial charge < -0.3 is 9.32 Å². The first-order valence-corrected chi connectivity index (χ1v) is 10.9. The Morgan fingerprint density at radius 2 is 1.66 bits per heavy atom. The van der Waals surface area contributed by atoms with Gasteiger partial charge in [0.25, 0.3) is 0 Å². The Labute approximate surface area is 187 Å². The second kappa shape index (κ2) is 8.34. The van der Waals surface area contributed by atoms with Crippen molar-refractivity contribution in [3.05, 3.63) is 46.2 Å². The summed E-state index contributed by atoms with van der Waals surface area (Å²) in [6.45, 7) is 8.24. The molecule has 4 rings (SSSR count). The van der Waals surface area contributed by atoms with Gasteiger partial charge in [-0.05, 0) is 67.9 Å². The van der Waals surface area contributed by atoms with Crippen LogP contribution < -0.4 is 0 Å². The molecular formula is C25H27N3O4. The minimum Gasteiger partial charge on any atom is -0.417 e. The van der Waals surface area contributed by atoms with E-state index in [1.165, 1.54) is 0 Å². The Hall–Kier alpha value is -3.27. The number of hydrogen-bond acceptors (Lipinski definition) is 6. The number of aryl methyl sites for hydroxylation is 3. The monoisotopic (exact) mass is 433 g/mol. The Balaban J connectivity index is 1.49. The molecule has 1 saturated heterocycles. The van der Waals surface area contributed by atoms with Gasteiger partial charge in [0, 0.05) is 38.4 Å². The number of likely N-dealkylation sites (tertiary alicyclic amines) is 1. The van der Waals surface area contributed by atoms with Crippen LogP contribution in [0.5, 0.6) is 0 Å². The summed E-state index contributed by atoms with van der Waals surface area (Å²) >= 11 is 0. The summed E-state index contributed by atoms with van der Waals surface area (Å²) in [5.41, 5.74) is 3.21. The number of piperidine rings is 1. The molecule has 2 aliphatic rings. The van der Waals surface area contributed by atoms with E-state index in [4.69, 9.17) is 4.42 Å². The van der Waals surface area contributed by atoms with Gasteiger partial charge in [-0.25, -0.2) is 0 Å². The van der Waals surface area contributed by atoms with Gasteiger partial charge in [0.2, 0.25) is 5.89 Å². The number of carbonyl (C=O) groups excluding carboxylic acids is 3. The van der Waals surface area contributed by atoms with E-state index in [-0.39, 0.29) is 28.8 Å². The van der Waals surface area contributed by atoms with Crippen LogP contribution in [0.25, 0.3) is 0 Å². The first kappa shape index (κ1) is 21.9. The second-order valence-corrected chi connectivity index (χ2v) is 9.04. The Morgan fingerprint density at radius 1 is 1.06 bits per heavy atom. The maximum atomic E-state index is 13.3. The summed E-state index contributed by atoms with van der Waals surface area (Å²) in [7, 11) is 0. The fraction of sp³-hybridized carbons (Fsp3) is 0.480. The van der Waals surface area contributed by atoms with Crippen molar-refractivity contribution in [3.8, 4) is 11.8 Å². The average molecular weight is 434 g/mol. The molecule has 1 spiro atoms. The van der Waals surface area contributed by atoms with Gasteiger partial charge in [-0.15, -0.1) is 16.1 Å². The minimum atomic E-state index is -0.703. The van der Waals surface area contributed by atoms with E-state index in [0.717, 1.165) is 22.3 Å². The lowest BCUT2D eigenvalue weighted by Crippen LogP contribution is -2.48. The normalized spacial score (nSPS) is 18.6. The Kier molecular flexibility index (Phi) is 5.72. The van der Waals surface area contributed by atoms with Crippen molar-refractivity contribution in [2.45, 2.75) is 59.3 Å². The highest BCUT2D eigenvalue weighted by Gasteiger charge is 2.48. The zero-order valence-corrected chi connectivity index (χ0v) is 18.9. The number of rotatable bonds is 2. The van der Waals surface area contributed by atoms with Crippen molar-refractivity contribution in [1.82, 2.24) is 15.1 Å². The summed E-state index contributed by atoms with van der Waals surface area (Å²) in [6.07, 6.45) is 1.94. The van der Waals surface area contributed by atoms with Gasteiger partial charge in [-0.1, -0.05) is 5.92 Å². The molecule has 166 valence electrons. The van der Waals surface area contributed by atoms with Crippen LogP contribution in [-0.2, 0) is 9.59 Å². The highest BCUT2D eigenvalue weighted by molar-refractivity contribution is 6.10. The predicted molar refractivity (Wildman–Crippen MR) is 117 cm³/mol. The van der Waals surface area contributed by atoms with Crippen molar-refractivity contribution in [3.63, 3.8) is 0 Å². The molecule has 0 N–H and O–H groups in total. The lowest BCUT2D eigenvalue weighted by Gasteiger charge is -2.44. The van der Waals surface area contributed by atoms with Crippen LogP contribution in [0.4, 0.5) is 0 Å². The van der Waals surface area contributed by atoms with Gasteiger partial charge >= 0.3 is 11.8 Å². The van der Waals surface area contributed by atoms with Crippen LogP contribution >= 0.6 is 0 Å². The summed E-state index contributed by atoms with van der Waals surface area (Å²) in [5, 5.41) is 7.51. The van der Waals surface area contributed by atoms with E-state index in [9.17, 15) is 14.4 Å². The third kappa shape index (κ3) is 3.97. The smallest absolute Gasteiger partial charge is 0.311 e. The van der Waals surface area contributed by atoms with Crippen LogP contribution in [0.2, 0.25) is 0 Å². The lowest BCUT2D eigenvalue weighted by atomic mass is 9.62. The van der Waals surface area contributed by atoms with Crippen molar-refractivity contribution >= 4 is 17.5 Å². The summed E-state index contributed by atoms with van der Waals surface area (Å²) in [6, 6.07) is 3.90. The number of carbonyl (C=O) groups is 3. The molecule has 2 heterocycles. The standard InChI is InChI=1S/C25H27N3O4/c1-5-6-18-11-15(2)21(16(3)12-18)22-19(29)13-25(14-20(22)30)7-9-28(10-8-25)24(31)23-27-26-17(4)32-23/h11-12,22H,7-10,13-14H2,1-4H3. The summed E-state index contributed by atoms with van der Waals surface area (Å²) in [5.74, 6) is 5.23. The molecule has 2 aromatic rings. The molecule has 1 aromatic carbocycles. The topological polar surface area (TPSA) is 93.4 Å². The van der Waals surface area contributed by atoms with Gasteiger partial charge in [-0.2, -0.15) is 0 Å². The van der Waals surface area contributed by atoms with Crippen LogP contribution in [0.1, 0.15) is 77.4 Å². The van der Waals surface area contributed by atoms with Crippen molar-refractivity contribution in [2.75, 3.05) is 13.1 Å². The molecule has 1 amide bonds. The van der Waals surface area contributed by atoms with E-state index in [1.807, 2.05) is 26.0 Å². The SMILES string of the molecule is CC#Cc1cc(C)c(C2C(=O)CC3(CCN(C(=O)c4nnc(C)o4)CC3)CC2=O)c(C)c1. The highest BCUT2D eigenvalue weighted by Crippen LogP contribution is 2.46. The molecule has 0 atom stereocenters. The molecule has 7 nitrogen and oxygen atoms in total. The van der Waals surface area contributed by atoms with E-state index in [1.54, 1.807) is 18.7 Å². The van der Waals surface area contributed by atoms with Crippen LogP contribution in [0.15, 0.2) is 16.5 Å². The van der Waals surface area contributed by atoms with Gasteiger partial charge in [0.05, 0.1) is 0 Å². The zero-order chi connectivity index (χ0) is 23.0. The van der Waals surface area contributed by atoms with E-state index >= 15 is 0 Å². The summed E-state index contributed by atoms with van der Waals surface area (Å²) in [4.78, 5) is 40.8. The highest BCUT2D eigenvalue weighted by atomic mass is 16.4. The second-order valence-electron chi connectivity index (χ2n) is 9.04. The minimum absolute atomic E-state index is 0.0172. The molecule has 0 bridgehead atoms. The zero-order valence-electron chi connectivity index (χ0n) is 18.9. The first-order valence-electron chi connectivity index (χ1n) is 10.9. The number of amides is 1. The molecule has 0 radical (unpaired) electrons. The van der Waals surface area contributed by atoms with Crippen molar-refractivity contribution in [2.24, 2.45) is 5.41 Å². The van der Waals surface area contributed by atoms with E-state index < -0.39 is 5.92 Å². The fourth-order valence-corrected chi connectivity index (χ4v) is 5.21. The average Bonchev–Trinajstić information content (AvgIpc) is 3.16. The fourth-order valence-electron chi connectivity index (χ4n) is 5.21. The van der Waals surface area contributed by atoms with Crippen LogP contribution in [0.3, 0.4) is 0 Å². The molecule has 1 aliphatic carbocycles. The number of aromatic nitrogens is 2. The molecule has 1 aliphatic heterocycles. The molecule has 32 heavy (non-hydrogen) atoms. The molecule has 7 heteroatoms. The van der Waals surface area contributed by atoms with Gasteiger partial charge in [-0.3, -0.25) is 14.4 Å². The third-order valence-electron chi connectivity index (χ3n) is 6.71. The largest absolute Gasteiger partial charge is 0.417 e. The number of benzene rings is 1. The maximum absolute atomic E-state index is 13.3. The van der Waals surface area contributed by atoms with Crippen molar-refractivity contribution in [1.29, 1.82) is 0 Å². The van der Waals surface area contributed by atoms with Crippen molar-refractivity contribution < 1.29 is 18.8 Å². The Morgan fingerprint density at radius 3 is 2.16 bits per heavy atom. The first-order chi connectivity index (χ1) is 15.2. The molecular weight excluding hydrogens is 406 g/mol. The maximum Gasteiger partial charge on any atom is 0.311 e. The number of hydrogen-bond donors (Lipinski definition) is 0. The Bertz CT molecular complexity index is 1120. The van der Waals surface area contributed by atoms with Gasteiger partial charge in [0.15, 0.2) is 0 Å². The van der Waals surface area contributed by atoms with Crippen LogP contribution in [0, 0.1) is 38.0 Å². The number of Topliss-reactive ketones (excluding diaryl/α,β-unsaturated/α-hetero) is 2. The summed E-state index contributed by atoms with van der Waals surface area (Å²) < 4.78 is 5.25. The quantitative estimate of drug-likeness (QED) is 0.533. The molecule has 1 aromatic heterocycles. The lowest BCUT2D eigenvalue weighted by molar-refractivity contribution is -0.138. The van der Waals surface area contributed by atoms with E-state index in [2.05, 4.69) is 22.0 Å². The molecule has 2 fully saturated rings. The molecule has 1 saturated carbocycles. The van der Waals surface area contributed by atoms with Crippen LogP contribution in [-0.4, -0.2) is 45.7 Å². The van der Waals surface area contributed by atoms with E-state index in [0.29, 0.717) is 44.7 Å². The predicted octanol–water partition coefficient (Wildman–Crippen LogP) is 3.30. The molecule has 0 unspecified atom stereocenters. The third-order valence-corrected chi connectivity index (χ3v) is 6.71. The van der Waals surface area contributed by atoms with Gasteiger partial charge in [0.1, 0.15) is 17.5 Å². The number of nitrogens with zero attached hydrogens (tertiary/aromatic N) is 3.